The number of piperazine rings is 1. The molecule has 0 aromatic heterocycles. The van der Waals surface area contributed by atoms with Crippen molar-refractivity contribution in [3.05, 3.63) is 28.5 Å². The van der Waals surface area contributed by atoms with E-state index in [0.29, 0.717) is 42.9 Å². The van der Waals surface area contributed by atoms with Crippen LogP contribution in [-0.4, -0.2) is 60.6 Å². The van der Waals surface area contributed by atoms with E-state index in [4.69, 9.17) is 4.74 Å². The van der Waals surface area contributed by atoms with E-state index in [0.717, 1.165) is 12.8 Å². The molecule has 2 aliphatic rings. The van der Waals surface area contributed by atoms with E-state index in [9.17, 15) is 14.0 Å². The number of amides is 3. The normalized spacial score (nSPS) is 21.0. The molecule has 0 saturated carbocycles. The van der Waals surface area contributed by atoms with Crippen LogP contribution < -0.4 is 5.32 Å². The van der Waals surface area contributed by atoms with E-state index in [2.05, 4.69) is 21.2 Å². The summed E-state index contributed by atoms with van der Waals surface area (Å²) in [5.74, 6) is -0.352. The van der Waals surface area contributed by atoms with Gasteiger partial charge < -0.3 is 19.9 Å². The van der Waals surface area contributed by atoms with Crippen LogP contribution in [0.2, 0.25) is 0 Å². The molecule has 0 spiro atoms. The maximum Gasteiger partial charge on any atom is 0.321 e. The Morgan fingerprint density at radius 3 is 2.54 bits per heavy atom. The van der Waals surface area contributed by atoms with Gasteiger partial charge in [-0.3, -0.25) is 4.79 Å². The number of nitrogens with zero attached hydrogens (tertiary/aromatic N) is 2. The Morgan fingerprint density at radius 1 is 1.21 bits per heavy atom. The summed E-state index contributed by atoms with van der Waals surface area (Å²) in [6.07, 6.45) is 1.38. The van der Waals surface area contributed by atoms with Gasteiger partial charge >= 0.3 is 6.03 Å². The standard InChI is InChI=1S/C16H19BrFN3O3/c17-12-10-11(18)3-4-13(12)19-16(23)21-7-5-20(6-8-21)15(22)14-2-1-9-24-14/h3-4,10,14H,1-2,5-9H2,(H,19,23). The van der Waals surface area contributed by atoms with Gasteiger partial charge in [0.1, 0.15) is 11.9 Å². The molecule has 6 nitrogen and oxygen atoms in total. The Balaban J connectivity index is 1.52. The molecular formula is C16H19BrFN3O3. The molecular weight excluding hydrogens is 381 g/mol. The van der Waals surface area contributed by atoms with Crippen LogP contribution in [0.15, 0.2) is 22.7 Å². The van der Waals surface area contributed by atoms with Crippen molar-refractivity contribution in [1.29, 1.82) is 0 Å². The number of benzene rings is 1. The van der Waals surface area contributed by atoms with Gasteiger partial charge in [0.2, 0.25) is 0 Å². The molecule has 0 radical (unpaired) electrons. The number of carbonyl (C=O) groups excluding carboxylic acids is 2. The summed E-state index contributed by atoms with van der Waals surface area (Å²) >= 11 is 3.23. The highest BCUT2D eigenvalue weighted by molar-refractivity contribution is 9.10. The maximum absolute atomic E-state index is 13.1. The molecule has 2 fully saturated rings. The fourth-order valence-electron chi connectivity index (χ4n) is 2.89. The molecule has 24 heavy (non-hydrogen) atoms. The van der Waals surface area contributed by atoms with E-state index in [1.807, 2.05) is 0 Å². The first kappa shape index (κ1) is 17.2. The minimum Gasteiger partial charge on any atom is -0.368 e. The Labute approximate surface area is 148 Å². The van der Waals surface area contributed by atoms with Crippen LogP contribution in [0.5, 0.6) is 0 Å². The van der Waals surface area contributed by atoms with Gasteiger partial charge in [0.05, 0.1) is 5.69 Å². The molecule has 2 saturated heterocycles. The van der Waals surface area contributed by atoms with Crippen LogP contribution >= 0.6 is 15.9 Å². The van der Waals surface area contributed by atoms with Crippen LogP contribution in [0.3, 0.4) is 0 Å². The molecule has 3 rings (SSSR count). The highest BCUT2D eigenvalue weighted by Crippen LogP contribution is 2.23. The third-order valence-electron chi connectivity index (χ3n) is 4.26. The number of urea groups is 1. The van der Waals surface area contributed by atoms with Crippen LogP contribution in [0.4, 0.5) is 14.9 Å². The molecule has 1 aromatic rings. The van der Waals surface area contributed by atoms with E-state index < -0.39 is 0 Å². The van der Waals surface area contributed by atoms with Crippen molar-refractivity contribution in [3.63, 3.8) is 0 Å². The predicted molar refractivity (Wildman–Crippen MR) is 90.2 cm³/mol. The lowest BCUT2D eigenvalue weighted by Crippen LogP contribution is -2.53. The highest BCUT2D eigenvalue weighted by atomic mass is 79.9. The van der Waals surface area contributed by atoms with Crippen molar-refractivity contribution in [2.75, 3.05) is 38.1 Å². The lowest BCUT2D eigenvalue weighted by atomic mass is 10.2. The summed E-state index contributed by atoms with van der Waals surface area (Å²) in [5.41, 5.74) is 0.513. The number of rotatable bonds is 2. The smallest absolute Gasteiger partial charge is 0.321 e. The lowest BCUT2D eigenvalue weighted by molar-refractivity contribution is -0.142. The SMILES string of the molecule is O=C(Nc1ccc(F)cc1Br)N1CCN(C(=O)C2CCCO2)CC1. The number of anilines is 1. The third-order valence-corrected chi connectivity index (χ3v) is 4.91. The van der Waals surface area contributed by atoms with Crippen molar-refractivity contribution in [1.82, 2.24) is 9.80 Å². The third kappa shape index (κ3) is 3.87. The number of hydrogen-bond donors (Lipinski definition) is 1. The van der Waals surface area contributed by atoms with Gasteiger partial charge in [0, 0.05) is 37.3 Å². The molecule has 130 valence electrons. The molecule has 1 atom stereocenters. The van der Waals surface area contributed by atoms with Crippen LogP contribution in [-0.2, 0) is 9.53 Å². The summed E-state index contributed by atoms with van der Waals surface area (Å²) in [6.45, 7) is 2.56. The predicted octanol–water partition coefficient (Wildman–Crippen LogP) is 2.44. The van der Waals surface area contributed by atoms with Gasteiger partial charge in [-0.15, -0.1) is 0 Å². The van der Waals surface area contributed by atoms with Crippen LogP contribution in [0.25, 0.3) is 0 Å². The van der Waals surface area contributed by atoms with Crippen molar-refractivity contribution < 1.29 is 18.7 Å². The van der Waals surface area contributed by atoms with Crippen molar-refractivity contribution in [3.8, 4) is 0 Å². The molecule has 0 bridgehead atoms. The monoisotopic (exact) mass is 399 g/mol. The van der Waals surface area contributed by atoms with Gasteiger partial charge in [-0.05, 0) is 47.0 Å². The molecule has 2 aliphatic heterocycles. The number of hydrogen-bond acceptors (Lipinski definition) is 3. The van der Waals surface area contributed by atoms with Gasteiger partial charge in [0.15, 0.2) is 0 Å². The lowest BCUT2D eigenvalue weighted by Gasteiger charge is -2.35. The Kier molecular flexibility index (Phi) is 5.35. The van der Waals surface area contributed by atoms with E-state index in [1.165, 1.54) is 18.2 Å². The van der Waals surface area contributed by atoms with Crippen molar-refractivity contribution in [2.24, 2.45) is 0 Å². The minimum absolute atomic E-state index is 0.0221. The fraction of sp³-hybridized carbons (Fsp3) is 0.500. The summed E-state index contributed by atoms with van der Waals surface area (Å²) in [7, 11) is 0. The van der Waals surface area contributed by atoms with E-state index in [-0.39, 0.29) is 23.9 Å². The second-order valence-electron chi connectivity index (χ2n) is 5.87. The Hall–Kier alpha value is -1.67. The Morgan fingerprint density at radius 2 is 1.92 bits per heavy atom. The number of carbonyl (C=O) groups is 2. The molecule has 3 amide bonds. The first-order valence-corrected chi connectivity index (χ1v) is 8.75. The summed E-state index contributed by atoms with van der Waals surface area (Å²) < 4.78 is 19.0. The van der Waals surface area contributed by atoms with Gasteiger partial charge in [0.25, 0.3) is 5.91 Å². The molecule has 1 unspecified atom stereocenters. The molecule has 1 N–H and O–H groups in total. The quantitative estimate of drug-likeness (QED) is 0.830. The number of ether oxygens (including phenoxy) is 1. The zero-order chi connectivity index (χ0) is 17.1. The zero-order valence-electron chi connectivity index (χ0n) is 13.1. The van der Waals surface area contributed by atoms with Gasteiger partial charge in [-0.25, -0.2) is 9.18 Å². The second kappa shape index (κ2) is 7.48. The summed E-state index contributed by atoms with van der Waals surface area (Å²) in [5, 5.41) is 2.75. The highest BCUT2D eigenvalue weighted by Gasteiger charge is 2.31. The van der Waals surface area contributed by atoms with Crippen LogP contribution in [0, 0.1) is 5.82 Å². The maximum atomic E-state index is 13.1. The van der Waals surface area contributed by atoms with E-state index in [1.54, 1.807) is 9.80 Å². The van der Waals surface area contributed by atoms with Crippen molar-refractivity contribution in [2.45, 2.75) is 18.9 Å². The second-order valence-corrected chi connectivity index (χ2v) is 6.72. The molecule has 2 heterocycles. The molecule has 8 heteroatoms. The first-order chi connectivity index (χ1) is 11.5. The fourth-order valence-corrected chi connectivity index (χ4v) is 3.34. The summed E-state index contributed by atoms with van der Waals surface area (Å²) in [6, 6.07) is 3.84. The van der Waals surface area contributed by atoms with Crippen LogP contribution in [0.1, 0.15) is 12.8 Å². The number of halogens is 2. The average Bonchev–Trinajstić information content (AvgIpc) is 3.11. The minimum atomic E-state index is -0.374. The Bertz CT molecular complexity index is 629. The molecule has 0 aliphatic carbocycles. The largest absolute Gasteiger partial charge is 0.368 e. The first-order valence-electron chi connectivity index (χ1n) is 7.96. The topological polar surface area (TPSA) is 61.9 Å². The molecule has 1 aromatic carbocycles. The number of nitrogens with one attached hydrogen (secondary N) is 1. The van der Waals surface area contributed by atoms with Gasteiger partial charge in [-0.2, -0.15) is 0 Å². The zero-order valence-corrected chi connectivity index (χ0v) is 14.7. The average molecular weight is 400 g/mol. The van der Waals surface area contributed by atoms with Gasteiger partial charge in [-0.1, -0.05) is 0 Å². The van der Waals surface area contributed by atoms with E-state index >= 15 is 0 Å². The summed E-state index contributed by atoms with van der Waals surface area (Å²) in [4.78, 5) is 28.0. The van der Waals surface area contributed by atoms with Crippen molar-refractivity contribution >= 4 is 33.6 Å².